The molecule has 8 heteroatoms. The SMILES string of the molecule is CSCc1noc(CNC(=O)c2ccc(-c3ccccc3Cl)o2)n1. The molecule has 0 aliphatic rings. The number of amides is 1. The van der Waals surface area contributed by atoms with Gasteiger partial charge in [-0.3, -0.25) is 4.79 Å². The van der Waals surface area contributed by atoms with Crippen molar-refractivity contribution in [3.63, 3.8) is 0 Å². The van der Waals surface area contributed by atoms with Crippen molar-refractivity contribution in [1.82, 2.24) is 15.5 Å². The number of thioether (sulfide) groups is 1. The minimum absolute atomic E-state index is 0.141. The Morgan fingerprint density at radius 3 is 2.92 bits per heavy atom. The first-order valence-electron chi connectivity index (χ1n) is 7.10. The quantitative estimate of drug-likeness (QED) is 0.717. The number of halogens is 1. The molecule has 0 aliphatic heterocycles. The molecule has 0 spiro atoms. The highest BCUT2D eigenvalue weighted by molar-refractivity contribution is 7.97. The Morgan fingerprint density at radius 2 is 2.12 bits per heavy atom. The number of rotatable bonds is 6. The van der Waals surface area contributed by atoms with E-state index >= 15 is 0 Å². The molecule has 3 rings (SSSR count). The summed E-state index contributed by atoms with van der Waals surface area (Å²) in [6.45, 7) is 0.141. The first-order valence-corrected chi connectivity index (χ1v) is 8.88. The third kappa shape index (κ3) is 3.80. The van der Waals surface area contributed by atoms with Gasteiger partial charge < -0.3 is 14.3 Å². The molecule has 1 amide bonds. The highest BCUT2D eigenvalue weighted by atomic mass is 35.5. The predicted octanol–water partition coefficient (Wildman–Crippen LogP) is 3.78. The predicted molar refractivity (Wildman–Crippen MR) is 91.8 cm³/mol. The van der Waals surface area contributed by atoms with Gasteiger partial charge in [-0.2, -0.15) is 16.7 Å². The maximum Gasteiger partial charge on any atom is 0.287 e. The summed E-state index contributed by atoms with van der Waals surface area (Å²) in [5, 5.41) is 7.06. The van der Waals surface area contributed by atoms with E-state index in [0.29, 0.717) is 28.3 Å². The van der Waals surface area contributed by atoms with Gasteiger partial charge in [0.05, 0.1) is 17.3 Å². The molecule has 1 N–H and O–H groups in total. The molecule has 6 nitrogen and oxygen atoms in total. The Bertz CT molecular complexity index is 846. The average molecular weight is 364 g/mol. The molecular weight excluding hydrogens is 350 g/mol. The summed E-state index contributed by atoms with van der Waals surface area (Å²) in [6, 6.07) is 10.6. The summed E-state index contributed by atoms with van der Waals surface area (Å²) in [5.74, 6) is 1.98. The fourth-order valence-electron chi connectivity index (χ4n) is 2.06. The number of nitrogens with zero attached hydrogens (tertiary/aromatic N) is 2. The Labute approximate surface area is 147 Å². The van der Waals surface area contributed by atoms with Gasteiger partial charge in [0.2, 0.25) is 5.89 Å². The van der Waals surface area contributed by atoms with Gasteiger partial charge in [-0.15, -0.1) is 0 Å². The fourth-order valence-corrected chi connectivity index (χ4v) is 2.66. The standard InChI is InChI=1S/C16H14ClN3O3S/c1-24-9-14-19-15(23-20-14)8-18-16(21)13-7-6-12(22-13)10-4-2-3-5-11(10)17/h2-7H,8-9H2,1H3,(H,18,21). The van der Waals surface area contributed by atoms with Crippen molar-refractivity contribution >= 4 is 29.3 Å². The van der Waals surface area contributed by atoms with E-state index in [-0.39, 0.29) is 18.2 Å². The lowest BCUT2D eigenvalue weighted by molar-refractivity contribution is 0.0919. The number of hydrogen-bond acceptors (Lipinski definition) is 6. The Balaban J connectivity index is 1.64. The van der Waals surface area contributed by atoms with Crippen LogP contribution in [0.2, 0.25) is 5.02 Å². The number of carbonyl (C=O) groups is 1. The van der Waals surface area contributed by atoms with Gasteiger partial charge in [-0.1, -0.05) is 28.9 Å². The first kappa shape index (κ1) is 16.6. The molecule has 0 atom stereocenters. The molecule has 2 heterocycles. The van der Waals surface area contributed by atoms with Crippen LogP contribution in [-0.2, 0) is 12.3 Å². The molecule has 124 valence electrons. The number of furan rings is 1. The Morgan fingerprint density at radius 1 is 1.29 bits per heavy atom. The van der Waals surface area contributed by atoms with Gasteiger partial charge in [0.25, 0.3) is 5.91 Å². The molecule has 0 saturated heterocycles. The lowest BCUT2D eigenvalue weighted by Gasteiger charge is -2.01. The summed E-state index contributed by atoms with van der Waals surface area (Å²) < 4.78 is 10.6. The number of nitrogens with one attached hydrogen (secondary N) is 1. The average Bonchev–Trinajstić information content (AvgIpc) is 3.23. The first-order chi connectivity index (χ1) is 11.7. The third-order valence-corrected chi connectivity index (χ3v) is 4.03. The van der Waals surface area contributed by atoms with E-state index in [9.17, 15) is 4.79 Å². The van der Waals surface area contributed by atoms with E-state index in [1.54, 1.807) is 30.0 Å². The topological polar surface area (TPSA) is 81.2 Å². The van der Waals surface area contributed by atoms with Crippen LogP contribution in [0.4, 0.5) is 0 Å². The van der Waals surface area contributed by atoms with Crippen molar-refractivity contribution < 1.29 is 13.7 Å². The molecule has 0 radical (unpaired) electrons. The summed E-state index contributed by atoms with van der Waals surface area (Å²) >= 11 is 7.72. The van der Waals surface area contributed by atoms with Gasteiger partial charge in [0.1, 0.15) is 5.76 Å². The fraction of sp³-hybridized carbons (Fsp3) is 0.188. The second kappa shape index (κ2) is 7.55. The zero-order chi connectivity index (χ0) is 16.9. The summed E-state index contributed by atoms with van der Waals surface area (Å²) in [7, 11) is 0. The van der Waals surface area contributed by atoms with E-state index in [1.165, 1.54) is 0 Å². The van der Waals surface area contributed by atoms with Crippen LogP contribution in [0.3, 0.4) is 0 Å². The molecule has 2 aromatic heterocycles. The molecule has 24 heavy (non-hydrogen) atoms. The number of hydrogen-bond donors (Lipinski definition) is 1. The number of aromatic nitrogens is 2. The molecule has 0 saturated carbocycles. The minimum atomic E-state index is -0.363. The largest absolute Gasteiger partial charge is 0.451 e. The van der Waals surface area contributed by atoms with Crippen molar-refractivity contribution in [3.8, 4) is 11.3 Å². The highest BCUT2D eigenvalue weighted by Gasteiger charge is 2.15. The summed E-state index contributed by atoms with van der Waals surface area (Å²) in [4.78, 5) is 16.3. The van der Waals surface area contributed by atoms with Crippen LogP contribution in [0.5, 0.6) is 0 Å². The smallest absolute Gasteiger partial charge is 0.287 e. The van der Waals surface area contributed by atoms with Crippen LogP contribution < -0.4 is 5.32 Å². The van der Waals surface area contributed by atoms with Gasteiger partial charge in [0.15, 0.2) is 11.6 Å². The molecule has 0 unspecified atom stereocenters. The normalized spacial score (nSPS) is 10.8. The Hall–Kier alpha value is -2.25. The van der Waals surface area contributed by atoms with E-state index in [4.69, 9.17) is 20.5 Å². The molecule has 1 aromatic carbocycles. The van der Waals surface area contributed by atoms with Crippen molar-refractivity contribution in [2.75, 3.05) is 6.26 Å². The maximum absolute atomic E-state index is 12.1. The second-order valence-electron chi connectivity index (χ2n) is 4.86. The highest BCUT2D eigenvalue weighted by Crippen LogP contribution is 2.28. The maximum atomic E-state index is 12.1. The Kier molecular flexibility index (Phi) is 5.22. The van der Waals surface area contributed by atoms with Crippen LogP contribution in [0, 0.1) is 0 Å². The molecule has 0 fully saturated rings. The molecule has 3 aromatic rings. The lowest BCUT2D eigenvalue weighted by atomic mass is 10.2. The second-order valence-corrected chi connectivity index (χ2v) is 6.14. The van der Waals surface area contributed by atoms with Gasteiger partial charge in [0, 0.05) is 5.56 Å². The zero-order valence-electron chi connectivity index (χ0n) is 12.8. The molecular formula is C16H14ClN3O3S. The van der Waals surface area contributed by atoms with E-state index in [1.807, 2.05) is 24.5 Å². The van der Waals surface area contributed by atoms with E-state index in [2.05, 4.69) is 15.5 Å². The summed E-state index contributed by atoms with van der Waals surface area (Å²) in [5.41, 5.74) is 0.733. The van der Waals surface area contributed by atoms with E-state index < -0.39 is 0 Å². The van der Waals surface area contributed by atoms with Crippen molar-refractivity contribution in [3.05, 3.63) is 58.9 Å². The van der Waals surface area contributed by atoms with Gasteiger partial charge in [-0.25, -0.2) is 0 Å². The van der Waals surface area contributed by atoms with Crippen molar-refractivity contribution in [2.24, 2.45) is 0 Å². The lowest BCUT2D eigenvalue weighted by Crippen LogP contribution is -2.22. The number of carbonyl (C=O) groups excluding carboxylic acids is 1. The van der Waals surface area contributed by atoms with Crippen LogP contribution in [0.25, 0.3) is 11.3 Å². The van der Waals surface area contributed by atoms with Crippen molar-refractivity contribution in [2.45, 2.75) is 12.3 Å². The summed E-state index contributed by atoms with van der Waals surface area (Å²) in [6.07, 6.45) is 1.95. The monoisotopic (exact) mass is 363 g/mol. The van der Waals surface area contributed by atoms with Crippen molar-refractivity contribution in [1.29, 1.82) is 0 Å². The third-order valence-electron chi connectivity index (χ3n) is 3.15. The molecule has 0 aliphatic carbocycles. The van der Waals surface area contributed by atoms with Crippen LogP contribution in [0.1, 0.15) is 22.3 Å². The van der Waals surface area contributed by atoms with Crippen LogP contribution in [0.15, 0.2) is 45.3 Å². The number of benzene rings is 1. The zero-order valence-corrected chi connectivity index (χ0v) is 14.4. The van der Waals surface area contributed by atoms with Gasteiger partial charge in [-0.05, 0) is 30.5 Å². The van der Waals surface area contributed by atoms with Crippen LogP contribution >= 0.6 is 23.4 Å². The van der Waals surface area contributed by atoms with E-state index in [0.717, 1.165) is 5.56 Å². The minimum Gasteiger partial charge on any atom is -0.451 e. The van der Waals surface area contributed by atoms with Crippen LogP contribution in [-0.4, -0.2) is 22.3 Å². The van der Waals surface area contributed by atoms with Gasteiger partial charge >= 0.3 is 0 Å². The molecule has 0 bridgehead atoms.